The van der Waals surface area contributed by atoms with E-state index in [0.29, 0.717) is 25.4 Å². The van der Waals surface area contributed by atoms with Gasteiger partial charge in [-0.3, -0.25) is 9.59 Å². The zero-order valence-corrected chi connectivity index (χ0v) is 17.0. The Morgan fingerprint density at radius 2 is 1.66 bits per heavy atom. The number of ether oxygens (including phenoxy) is 2. The molecule has 0 aliphatic carbocycles. The number of carbonyl (C=O) groups excluding carboxylic acids is 2. The van der Waals surface area contributed by atoms with Crippen LogP contribution in [0.5, 0.6) is 5.75 Å². The van der Waals surface area contributed by atoms with Gasteiger partial charge in [-0.2, -0.15) is 0 Å². The number of nitrogens with one attached hydrogen (secondary N) is 2. The van der Waals surface area contributed by atoms with E-state index in [1.807, 2.05) is 36.4 Å². The van der Waals surface area contributed by atoms with Crippen molar-refractivity contribution in [2.45, 2.75) is 31.6 Å². The van der Waals surface area contributed by atoms with Gasteiger partial charge < -0.3 is 20.1 Å². The highest BCUT2D eigenvalue weighted by Crippen LogP contribution is 2.35. The second-order valence-electron chi connectivity index (χ2n) is 7.31. The highest BCUT2D eigenvalue weighted by molar-refractivity contribution is 6.39. The van der Waals surface area contributed by atoms with Gasteiger partial charge in [-0.1, -0.05) is 31.2 Å². The minimum atomic E-state index is -0.661. The summed E-state index contributed by atoms with van der Waals surface area (Å²) in [6.45, 7) is 3.69. The molecule has 1 fully saturated rings. The van der Waals surface area contributed by atoms with E-state index in [1.165, 1.54) is 5.56 Å². The van der Waals surface area contributed by atoms with Crippen molar-refractivity contribution in [3.05, 3.63) is 59.7 Å². The molecule has 0 saturated carbocycles. The summed E-state index contributed by atoms with van der Waals surface area (Å²) in [5.41, 5.74) is 2.63. The molecule has 0 radical (unpaired) electrons. The SMILES string of the molecule is CCc1ccc(NC(=O)C(=O)NCC2(c3ccc(OC)cc3)CCOCC2)cc1. The van der Waals surface area contributed by atoms with Gasteiger partial charge in [0.1, 0.15) is 5.75 Å². The van der Waals surface area contributed by atoms with Crippen LogP contribution in [-0.2, 0) is 26.2 Å². The van der Waals surface area contributed by atoms with Gasteiger partial charge >= 0.3 is 11.8 Å². The first-order valence-corrected chi connectivity index (χ1v) is 9.97. The van der Waals surface area contributed by atoms with Crippen molar-refractivity contribution >= 4 is 17.5 Å². The van der Waals surface area contributed by atoms with Crippen LogP contribution >= 0.6 is 0 Å². The second-order valence-corrected chi connectivity index (χ2v) is 7.31. The molecule has 0 bridgehead atoms. The molecule has 29 heavy (non-hydrogen) atoms. The molecule has 2 amide bonds. The van der Waals surface area contributed by atoms with E-state index in [-0.39, 0.29) is 5.41 Å². The van der Waals surface area contributed by atoms with E-state index in [1.54, 1.807) is 19.2 Å². The average Bonchev–Trinajstić information content (AvgIpc) is 2.78. The quantitative estimate of drug-likeness (QED) is 0.736. The first-order valence-electron chi connectivity index (χ1n) is 9.97. The lowest BCUT2D eigenvalue weighted by Crippen LogP contribution is -2.47. The third-order valence-electron chi connectivity index (χ3n) is 5.57. The fourth-order valence-electron chi connectivity index (χ4n) is 3.62. The maximum atomic E-state index is 12.4. The minimum Gasteiger partial charge on any atom is -0.497 e. The van der Waals surface area contributed by atoms with Crippen molar-refractivity contribution in [2.75, 3.05) is 32.2 Å². The summed E-state index contributed by atoms with van der Waals surface area (Å²) in [7, 11) is 1.63. The lowest BCUT2D eigenvalue weighted by Gasteiger charge is -2.38. The molecule has 3 rings (SSSR count). The molecule has 2 N–H and O–H groups in total. The topological polar surface area (TPSA) is 76.7 Å². The zero-order chi connectivity index (χ0) is 20.7. The number of hydrogen-bond acceptors (Lipinski definition) is 4. The highest BCUT2D eigenvalue weighted by Gasteiger charge is 2.35. The first-order chi connectivity index (χ1) is 14.1. The Hall–Kier alpha value is -2.86. The maximum absolute atomic E-state index is 12.4. The van der Waals surface area contributed by atoms with E-state index in [9.17, 15) is 9.59 Å². The number of hydrogen-bond donors (Lipinski definition) is 2. The molecule has 1 aliphatic heterocycles. The second kappa shape index (κ2) is 9.56. The predicted molar refractivity (Wildman–Crippen MR) is 112 cm³/mol. The monoisotopic (exact) mass is 396 g/mol. The van der Waals surface area contributed by atoms with Crippen LogP contribution in [0.1, 0.15) is 30.9 Å². The van der Waals surface area contributed by atoms with Crippen LogP contribution in [0.3, 0.4) is 0 Å². The number of methoxy groups -OCH3 is 1. The summed E-state index contributed by atoms with van der Waals surface area (Å²) in [6, 6.07) is 15.4. The molecule has 0 aromatic heterocycles. The number of rotatable bonds is 6. The standard InChI is InChI=1S/C23H28N2O4/c1-3-17-4-8-19(9-5-17)25-22(27)21(26)24-16-23(12-14-29-15-13-23)18-6-10-20(28-2)11-7-18/h4-11H,3,12-16H2,1-2H3,(H,24,26)(H,25,27). The van der Waals surface area contributed by atoms with E-state index in [0.717, 1.165) is 30.6 Å². The normalized spacial score (nSPS) is 15.4. The van der Waals surface area contributed by atoms with E-state index < -0.39 is 11.8 Å². The van der Waals surface area contributed by atoms with E-state index in [2.05, 4.69) is 17.6 Å². The number of amides is 2. The molecule has 2 aromatic rings. The third kappa shape index (κ3) is 5.15. The predicted octanol–water partition coefficient (Wildman–Crippen LogP) is 3.06. The molecule has 6 nitrogen and oxygen atoms in total. The van der Waals surface area contributed by atoms with Crippen molar-refractivity contribution in [3.63, 3.8) is 0 Å². The number of benzene rings is 2. The Labute approximate surface area is 171 Å². The van der Waals surface area contributed by atoms with Gasteiger partial charge in [-0.05, 0) is 54.7 Å². The average molecular weight is 396 g/mol. The van der Waals surface area contributed by atoms with Crippen LogP contribution in [0.15, 0.2) is 48.5 Å². The lowest BCUT2D eigenvalue weighted by molar-refractivity contribution is -0.136. The van der Waals surface area contributed by atoms with Gasteiger partial charge in [0.2, 0.25) is 0 Å². The minimum absolute atomic E-state index is 0.261. The first kappa shape index (κ1) is 20.9. The van der Waals surface area contributed by atoms with Gasteiger partial charge in [-0.15, -0.1) is 0 Å². The van der Waals surface area contributed by atoms with Crippen molar-refractivity contribution in [3.8, 4) is 5.75 Å². The fraction of sp³-hybridized carbons (Fsp3) is 0.391. The molecule has 0 unspecified atom stereocenters. The number of anilines is 1. The van der Waals surface area contributed by atoms with Crippen molar-refractivity contribution in [1.29, 1.82) is 0 Å². The molecular formula is C23H28N2O4. The van der Waals surface area contributed by atoms with Crippen LogP contribution in [0.25, 0.3) is 0 Å². The lowest BCUT2D eigenvalue weighted by atomic mass is 9.74. The summed E-state index contributed by atoms with van der Waals surface area (Å²) in [5.74, 6) is -0.511. The van der Waals surface area contributed by atoms with E-state index in [4.69, 9.17) is 9.47 Å². The molecule has 1 aliphatic rings. The number of aryl methyl sites for hydroxylation is 1. The summed E-state index contributed by atoms with van der Waals surface area (Å²) >= 11 is 0. The zero-order valence-electron chi connectivity index (χ0n) is 17.0. The summed E-state index contributed by atoms with van der Waals surface area (Å²) < 4.78 is 10.8. The molecule has 154 valence electrons. The molecule has 2 aromatic carbocycles. The van der Waals surface area contributed by atoms with Gasteiger partial charge in [0.25, 0.3) is 0 Å². The fourth-order valence-corrected chi connectivity index (χ4v) is 3.62. The van der Waals surface area contributed by atoms with Crippen molar-refractivity contribution in [2.24, 2.45) is 0 Å². The van der Waals surface area contributed by atoms with Gasteiger partial charge in [0.05, 0.1) is 7.11 Å². The molecule has 6 heteroatoms. The Morgan fingerprint density at radius 3 is 2.24 bits per heavy atom. The Morgan fingerprint density at radius 1 is 1.00 bits per heavy atom. The largest absolute Gasteiger partial charge is 0.497 e. The molecule has 0 atom stereocenters. The molecule has 0 spiro atoms. The van der Waals surface area contributed by atoms with E-state index >= 15 is 0 Å². The van der Waals surface area contributed by atoms with Crippen LogP contribution < -0.4 is 15.4 Å². The van der Waals surface area contributed by atoms with Crippen LogP contribution in [0.4, 0.5) is 5.69 Å². The third-order valence-corrected chi connectivity index (χ3v) is 5.57. The Kier molecular flexibility index (Phi) is 6.88. The summed E-state index contributed by atoms with van der Waals surface area (Å²) in [6.07, 6.45) is 2.48. The Balaban J connectivity index is 1.64. The summed E-state index contributed by atoms with van der Waals surface area (Å²) in [4.78, 5) is 24.7. The molecular weight excluding hydrogens is 368 g/mol. The van der Waals surface area contributed by atoms with Gasteiger partial charge in [0.15, 0.2) is 0 Å². The molecule has 1 saturated heterocycles. The van der Waals surface area contributed by atoms with Gasteiger partial charge in [0, 0.05) is 30.9 Å². The smallest absolute Gasteiger partial charge is 0.313 e. The highest BCUT2D eigenvalue weighted by atomic mass is 16.5. The maximum Gasteiger partial charge on any atom is 0.313 e. The van der Waals surface area contributed by atoms with Crippen LogP contribution in [-0.4, -0.2) is 38.7 Å². The Bertz CT molecular complexity index is 825. The van der Waals surface area contributed by atoms with Gasteiger partial charge in [-0.25, -0.2) is 0 Å². The summed E-state index contributed by atoms with van der Waals surface area (Å²) in [5, 5.41) is 5.48. The van der Waals surface area contributed by atoms with Crippen molar-refractivity contribution in [1.82, 2.24) is 5.32 Å². The van der Waals surface area contributed by atoms with Crippen LogP contribution in [0, 0.1) is 0 Å². The number of carbonyl (C=O) groups is 2. The van der Waals surface area contributed by atoms with Crippen molar-refractivity contribution < 1.29 is 19.1 Å². The van der Waals surface area contributed by atoms with Crippen LogP contribution in [0.2, 0.25) is 0 Å². The molecule has 1 heterocycles.